The maximum absolute atomic E-state index is 13.2. The van der Waals surface area contributed by atoms with E-state index in [1.807, 2.05) is 37.3 Å². The summed E-state index contributed by atoms with van der Waals surface area (Å²) in [6.45, 7) is 7.00. The molecule has 188 valence electrons. The largest absolute Gasteiger partial charge is 0.480 e. The van der Waals surface area contributed by atoms with Gasteiger partial charge in [-0.25, -0.2) is 9.18 Å². The van der Waals surface area contributed by atoms with Gasteiger partial charge in [0, 0.05) is 30.0 Å². The normalized spacial score (nSPS) is 15.2. The van der Waals surface area contributed by atoms with Gasteiger partial charge in [0.15, 0.2) is 6.10 Å². The van der Waals surface area contributed by atoms with Crippen molar-refractivity contribution in [3.05, 3.63) is 89.2 Å². The van der Waals surface area contributed by atoms with Gasteiger partial charge >= 0.3 is 6.03 Å². The molecule has 1 aliphatic rings. The van der Waals surface area contributed by atoms with Crippen LogP contribution in [-0.4, -0.2) is 29.5 Å². The van der Waals surface area contributed by atoms with Gasteiger partial charge in [-0.2, -0.15) is 0 Å². The molecule has 36 heavy (non-hydrogen) atoms. The third kappa shape index (κ3) is 6.22. The van der Waals surface area contributed by atoms with E-state index in [0.29, 0.717) is 49.0 Å². The summed E-state index contributed by atoms with van der Waals surface area (Å²) in [6, 6.07) is 19.1. The van der Waals surface area contributed by atoms with Crippen LogP contribution in [0.3, 0.4) is 0 Å². The highest BCUT2D eigenvalue weighted by atomic mass is 19.1. The number of ether oxygens (including phenoxy) is 1. The Morgan fingerprint density at radius 3 is 2.36 bits per heavy atom. The molecule has 0 radical (unpaired) electrons. The Balaban J connectivity index is 1.45. The number of halogens is 1. The number of fused-ring (bicyclic) bond motifs is 1. The first-order valence-electron chi connectivity index (χ1n) is 12.3. The maximum atomic E-state index is 13.2. The molecular weight excluding hydrogens is 457 g/mol. The molecule has 1 aliphatic heterocycles. The Kier molecular flexibility index (Phi) is 7.88. The molecule has 0 saturated carbocycles. The van der Waals surface area contributed by atoms with Crippen LogP contribution in [0, 0.1) is 5.82 Å². The van der Waals surface area contributed by atoms with Gasteiger partial charge in [0.05, 0.1) is 0 Å². The smallest absolute Gasteiger partial charge is 0.323 e. The van der Waals surface area contributed by atoms with Crippen LogP contribution in [0.5, 0.6) is 5.75 Å². The van der Waals surface area contributed by atoms with E-state index in [4.69, 9.17) is 4.74 Å². The fourth-order valence-electron chi connectivity index (χ4n) is 4.19. The Bertz CT molecular complexity index is 1210. The van der Waals surface area contributed by atoms with Gasteiger partial charge < -0.3 is 20.3 Å². The van der Waals surface area contributed by atoms with Gasteiger partial charge in [-0.15, -0.1) is 0 Å². The van der Waals surface area contributed by atoms with Crippen LogP contribution in [-0.2, 0) is 17.8 Å². The topological polar surface area (TPSA) is 70.7 Å². The van der Waals surface area contributed by atoms with E-state index in [2.05, 4.69) is 24.5 Å². The van der Waals surface area contributed by atoms with Crippen LogP contribution < -0.4 is 15.4 Å². The van der Waals surface area contributed by atoms with Crippen LogP contribution in [0.2, 0.25) is 0 Å². The summed E-state index contributed by atoms with van der Waals surface area (Å²) in [5.41, 5.74) is 4.29. The molecule has 1 heterocycles. The van der Waals surface area contributed by atoms with Crippen LogP contribution in [0.1, 0.15) is 49.8 Å². The molecular formula is C29H32FN3O3. The zero-order valence-corrected chi connectivity index (χ0v) is 20.9. The van der Waals surface area contributed by atoms with Gasteiger partial charge in [-0.3, -0.25) is 4.79 Å². The van der Waals surface area contributed by atoms with E-state index in [0.717, 1.165) is 11.1 Å². The highest BCUT2D eigenvalue weighted by Gasteiger charge is 2.29. The number of amides is 3. The van der Waals surface area contributed by atoms with Crippen molar-refractivity contribution in [2.24, 2.45) is 0 Å². The summed E-state index contributed by atoms with van der Waals surface area (Å²) >= 11 is 0. The molecule has 3 aromatic rings. The minimum absolute atomic E-state index is 0.0760. The summed E-state index contributed by atoms with van der Waals surface area (Å²) in [5.74, 6) is 0.696. The lowest BCUT2D eigenvalue weighted by Gasteiger charge is -2.23. The average molecular weight is 490 g/mol. The Labute approximate surface area is 211 Å². The first kappa shape index (κ1) is 25.2. The molecule has 4 rings (SSSR count). The number of nitrogens with zero attached hydrogens (tertiary/aromatic N) is 1. The van der Waals surface area contributed by atoms with Crippen LogP contribution >= 0.6 is 0 Å². The van der Waals surface area contributed by atoms with Crippen molar-refractivity contribution < 1.29 is 18.7 Å². The van der Waals surface area contributed by atoms with Crippen molar-refractivity contribution in [3.8, 4) is 5.75 Å². The second-order valence-corrected chi connectivity index (χ2v) is 9.33. The van der Waals surface area contributed by atoms with E-state index in [-0.39, 0.29) is 17.8 Å². The SMILES string of the molecule is CC[C@H]1Oc2ccc(NC(=O)Nc3ccc(C(C)C)cc3)cc2CN(CCc2ccc(F)cc2)C1=O. The second kappa shape index (κ2) is 11.2. The monoisotopic (exact) mass is 489 g/mol. The van der Waals surface area contributed by atoms with Crippen molar-refractivity contribution in [2.45, 2.75) is 52.2 Å². The molecule has 1 atom stereocenters. The minimum Gasteiger partial charge on any atom is -0.480 e. The third-order valence-electron chi connectivity index (χ3n) is 6.33. The number of urea groups is 1. The molecule has 2 N–H and O–H groups in total. The molecule has 0 fully saturated rings. The Morgan fingerprint density at radius 2 is 1.69 bits per heavy atom. The molecule has 0 aromatic heterocycles. The Morgan fingerprint density at radius 1 is 1.03 bits per heavy atom. The van der Waals surface area contributed by atoms with Crippen molar-refractivity contribution in [3.63, 3.8) is 0 Å². The third-order valence-corrected chi connectivity index (χ3v) is 6.33. The minimum atomic E-state index is -0.574. The molecule has 0 spiro atoms. The van der Waals surface area contributed by atoms with Gasteiger partial charge in [-0.05, 0) is 72.4 Å². The van der Waals surface area contributed by atoms with Gasteiger partial charge in [0.25, 0.3) is 5.91 Å². The zero-order chi connectivity index (χ0) is 25.7. The van der Waals surface area contributed by atoms with Gasteiger partial charge in [0.1, 0.15) is 11.6 Å². The number of hydrogen-bond acceptors (Lipinski definition) is 3. The molecule has 3 amide bonds. The predicted molar refractivity (Wildman–Crippen MR) is 140 cm³/mol. The number of carbonyl (C=O) groups is 2. The lowest BCUT2D eigenvalue weighted by Crippen LogP contribution is -2.40. The number of nitrogens with one attached hydrogen (secondary N) is 2. The highest BCUT2D eigenvalue weighted by molar-refractivity contribution is 5.99. The summed E-state index contributed by atoms with van der Waals surface area (Å²) in [5, 5.41) is 5.72. The number of hydrogen-bond donors (Lipinski definition) is 2. The van der Waals surface area contributed by atoms with Crippen molar-refractivity contribution in [1.82, 2.24) is 4.90 Å². The molecule has 0 aliphatic carbocycles. The molecule has 7 heteroatoms. The zero-order valence-electron chi connectivity index (χ0n) is 20.9. The molecule has 6 nitrogen and oxygen atoms in total. The average Bonchev–Trinajstić information content (AvgIpc) is 2.99. The van der Waals surface area contributed by atoms with Crippen molar-refractivity contribution >= 4 is 23.3 Å². The Hall–Kier alpha value is -3.87. The van der Waals surface area contributed by atoms with Crippen LogP contribution in [0.15, 0.2) is 66.7 Å². The molecule has 0 saturated heterocycles. The van der Waals surface area contributed by atoms with E-state index in [1.54, 1.807) is 29.2 Å². The van der Waals surface area contributed by atoms with E-state index >= 15 is 0 Å². The standard InChI is InChI=1S/C29H32FN3O3/c1-4-26-28(34)33(16-15-20-5-9-23(30)10-6-20)18-22-17-25(13-14-27(22)36-26)32-29(35)31-24-11-7-21(8-12-24)19(2)3/h5-14,17,19,26H,4,15-16,18H2,1-3H3,(H2,31,32,35)/t26-/m1/s1. The summed E-state index contributed by atoms with van der Waals surface area (Å²) in [7, 11) is 0. The van der Waals surface area contributed by atoms with Crippen molar-refractivity contribution in [1.29, 1.82) is 0 Å². The summed E-state index contributed by atoms with van der Waals surface area (Å²) in [4.78, 5) is 27.5. The number of rotatable bonds is 7. The predicted octanol–water partition coefficient (Wildman–Crippen LogP) is 6.34. The molecule has 3 aromatic carbocycles. The van der Waals surface area contributed by atoms with Crippen molar-refractivity contribution in [2.75, 3.05) is 17.2 Å². The number of carbonyl (C=O) groups excluding carboxylic acids is 2. The van der Waals surface area contributed by atoms with Gasteiger partial charge in [0.2, 0.25) is 0 Å². The quantitative estimate of drug-likeness (QED) is 0.407. The fraction of sp³-hybridized carbons (Fsp3) is 0.310. The maximum Gasteiger partial charge on any atom is 0.323 e. The van der Waals surface area contributed by atoms with E-state index in [1.165, 1.54) is 17.7 Å². The fourth-order valence-corrected chi connectivity index (χ4v) is 4.19. The first-order chi connectivity index (χ1) is 17.3. The summed E-state index contributed by atoms with van der Waals surface area (Å²) < 4.78 is 19.3. The lowest BCUT2D eigenvalue weighted by molar-refractivity contribution is -0.138. The van der Waals surface area contributed by atoms with Crippen LogP contribution in [0.25, 0.3) is 0 Å². The second-order valence-electron chi connectivity index (χ2n) is 9.33. The summed E-state index contributed by atoms with van der Waals surface area (Å²) in [6.07, 6.45) is 0.576. The number of anilines is 2. The van der Waals surface area contributed by atoms with E-state index < -0.39 is 6.10 Å². The molecule has 0 unspecified atom stereocenters. The van der Waals surface area contributed by atoms with Crippen LogP contribution in [0.4, 0.5) is 20.6 Å². The number of benzene rings is 3. The highest BCUT2D eigenvalue weighted by Crippen LogP contribution is 2.30. The van der Waals surface area contributed by atoms with Gasteiger partial charge in [-0.1, -0.05) is 45.0 Å². The molecule has 0 bridgehead atoms. The first-order valence-corrected chi connectivity index (χ1v) is 12.3. The lowest BCUT2D eigenvalue weighted by atomic mass is 10.0. The van der Waals surface area contributed by atoms with E-state index in [9.17, 15) is 14.0 Å².